The van der Waals surface area contributed by atoms with E-state index in [9.17, 15) is 19.5 Å². The summed E-state index contributed by atoms with van der Waals surface area (Å²) in [6.45, 7) is 1.36. The van der Waals surface area contributed by atoms with Crippen LogP contribution in [-0.4, -0.2) is 46.2 Å². The highest BCUT2D eigenvalue weighted by Crippen LogP contribution is 2.08. The Morgan fingerprint density at radius 3 is 1.68 bits per heavy atom. The molecule has 28 heavy (non-hydrogen) atoms. The van der Waals surface area contributed by atoms with Gasteiger partial charge in [-0.3, -0.25) is 19.7 Å². The van der Waals surface area contributed by atoms with Gasteiger partial charge in [-0.1, -0.05) is 60.7 Å². The lowest BCUT2D eigenvalue weighted by molar-refractivity contribution is -0.142. The first-order valence-electron chi connectivity index (χ1n) is 8.96. The lowest BCUT2D eigenvalue weighted by Gasteiger charge is -2.24. The SMILES string of the molecule is CC(NC(=O)[C@H](Cc1ccccc1)N[C@@H](Cc1ccccc1)C(=O)O)C(=O)O. The maximum atomic E-state index is 12.6. The predicted octanol–water partition coefficient (Wildman–Crippen LogP) is 1.47. The third kappa shape index (κ3) is 6.51. The van der Waals surface area contributed by atoms with Crippen LogP contribution < -0.4 is 10.6 Å². The number of rotatable bonds is 10. The van der Waals surface area contributed by atoms with E-state index < -0.39 is 36.0 Å². The van der Waals surface area contributed by atoms with Crippen LogP contribution in [0.3, 0.4) is 0 Å². The van der Waals surface area contributed by atoms with Crippen LogP contribution in [0.1, 0.15) is 18.1 Å². The third-order valence-corrected chi connectivity index (χ3v) is 4.31. The van der Waals surface area contributed by atoms with Gasteiger partial charge in [0.15, 0.2) is 0 Å². The van der Waals surface area contributed by atoms with Crippen LogP contribution in [-0.2, 0) is 27.2 Å². The molecule has 2 rings (SSSR count). The summed E-state index contributed by atoms with van der Waals surface area (Å²) in [7, 11) is 0. The maximum Gasteiger partial charge on any atom is 0.325 e. The summed E-state index contributed by atoms with van der Waals surface area (Å²) in [5, 5.41) is 24.0. The number of hydrogen-bond donors (Lipinski definition) is 4. The number of nitrogens with one attached hydrogen (secondary N) is 2. The third-order valence-electron chi connectivity index (χ3n) is 4.31. The van der Waals surface area contributed by atoms with Crippen LogP contribution in [0, 0.1) is 0 Å². The first-order valence-corrected chi connectivity index (χ1v) is 8.96. The van der Waals surface area contributed by atoms with E-state index in [2.05, 4.69) is 10.6 Å². The van der Waals surface area contributed by atoms with E-state index >= 15 is 0 Å². The Balaban J connectivity index is 2.18. The molecule has 1 unspecified atom stereocenters. The molecule has 0 heterocycles. The second-order valence-corrected chi connectivity index (χ2v) is 6.56. The minimum absolute atomic E-state index is 0.198. The lowest BCUT2D eigenvalue weighted by atomic mass is 10.0. The molecule has 7 nitrogen and oxygen atoms in total. The molecular formula is C21H24N2O5. The summed E-state index contributed by atoms with van der Waals surface area (Å²) in [5.41, 5.74) is 1.65. The zero-order valence-electron chi connectivity index (χ0n) is 15.5. The highest BCUT2D eigenvalue weighted by molar-refractivity contribution is 5.87. The molecule has 0 aliphatic rings. The normalized spacial score (nSPS) is 13.9. The van der Waals surface area contributed by atoms with E-state index in [0.717, 1.165) is 11.1 Å². The second-order valence-electron chi connectivity index (χ2n) is 6.56. The molecule has 4 N–H and O–H groups in total. The van der Waals surface area contributed by atoms with Crippen molar-refractivity contribution < 1.29 is 24.6 Å². The fraction of sp³-hybridized carbons (Fsp3) is 0.286. The maximum absolute atomic E-state index is 12.6. The molecule has 0 aliphatic heterocycles. The molecule has 3 atom stereocenters. The monoisotopic (exact) mass is 384 g/mol. The van der Waals surface area contributed by atoms with Crippen LogP contribution in [0.5, 0.6) is 0 Å². The molecule has 0 saturated heterocycles. The van der Waals surface area contributed by atoms with E-state index in [0.29, 0.717) is 0 Å². The van der Waals surface area contributed by atoms with Gasteiger partial charge in [-0.15, -0.1) is 0 Å². The standard InChI is InChI=1S/C21H24N2O5/c1-14(20(25)26)22-19(24)17(12-15-8-4-2-5-9-15)23-18(21(27)28)13-16-10-6-3-7-11-16/h2-11,14,17-18,23H,12-13H2,1H3,(H,22,24)(H,25,26)(H,27,28)/t14?,17-,18-/m0/s1. The second kappa shape index (κ2) is 10.2. The number of benzene rings is 2. The van der Waals surface area contributed by atoms with Gasteiger partial charge >= 0.3 is 11.9 Å². The first kappa shape index (κ1) is 21.1. The van der Waals surface area contributed by atoms with Crippen molar-refractivity contribution >= 4 is 17.8 Å². The van der Waals surface area contributed by atoms with E-state index in [-0.39, 0.29) is 12.8 Å². The molecule has 0 spiro atoms. The molecule has 0 aliphatic carbocycles. The summed E-state index contributed by atoms with van der Waals surface area (Å²) in [6, 6.07) is 15.3. The number of carbonyl (C=O) groups excluding carboxylic acids is 1. The summed E-state index contributed by atoms with van der Waals surface area (Å²) in [5.74, 6) is -2.80. The van der Waals surface area contributed by atoms with Crippen molar-refractivity contribution in [3.63, 3.8) is 0 Å². The zero-order valence-corrected chi connectivity index (χ0v) is 15.5. The quantitative estimate of drug-likeness (QED) is 0.493. The highest BCUT2D eigenvalue weighted by Gasteiger charge is 2.28. The molecule has 2 aromatic rings. The van der Waals surface area contributed by atoms with Crippen molar-refractivity contribution in [3.8, 4) is 0 Å². The van der Waals surface area contributed by atoms with Gasteiger partial charge < -0.3 is 15.5 Å². The van der Waals surface area contributed by atoms with Gasteiger partial charge in [-0.2, -0.15) is 0 Å². The number of carboxylic acids is 2. The van der Waals surface area contributed by atoms with Gasteiger partial charge in [0.25, 0.3) is 0 Å². The van der Waals surface area contributed by atoms with Gasteiger partial charge in [-0.05, 0) is 30.9 Å². The fourth-order valence-electron chi connectivity index (χ4n) is 2.76. The molecule has 1 amide bonds. The number of carbonyl (C=O) groups is 3. The summed E-state index contributed by atoms with van der Waals surface area (Å²) >= 11 is 0. The molecule has 7 heteroatoms. The molecule has 0 saturated carbocycles. The van der Waals surface area contributed by atoms with Crippen LogP contribution in [0.15, 0.2) is 60.7 Å². The minimum atomic E-state index is -1.16. The van der Waals surface area contributed by atoms with Crippen molar-refractivity contribution in [2.24, 2.45) is 0 Å². The molecule has 0 aromatic heterocycles. The van der Waals surface area contributed by atoms with Crippen molar-refractivity contribution in [2.45, 2.75) is 37.9 Å². The van der Waals surface area contributed by atoms with Crippen LogP contribution >= 0.6 is 0 Å². The Kier molecular flexibility index (Phi) is 7.71. The average molecular weight is 384 g/mol. The fourth-order valence-corrected chi connectivity index (χ4v) is 2.76. The van der Waals surface area contributed by atoms with Gasteiger partial charge in [-0.25, -0.2) is 0 Å². The van der Waals surface area contributed by atoms with Crippen molar-refractivity contribution in [1.82, 2.24) is 10.6 Å². The Bertz CT molecular complexity index is 795. The van der Waals surface area contributed by atoms with Gasteiger partial charge in [0.05, 0.1) is 6.04 Å². The van der Waals surface area contributed by atoms with E-state index in [1.54, 1.807) is 0 Å². The van der Waals surface area contributed by atoms with Crippen LogP contribution in [0.2, 0.25) is 0 Å². The van der Waals surface area contributed by atoms with Gasteiger partial charge in [0.1, 0.15) is 12.1 Å². The van der Waals surface area contributed by atoms with E-state index in [1.807, 2.05) is 60.7 Å². The van der Waals surface area contributed by atoms with Crippen LogP contribution in [0.4, 0.5) is 0 Å². The highest BCUT2D eigenvalue weighted by atomic mass is 16.4. The Morgan fingerprint density at radius 1 is 0.786 bits per heavy atom. The molecule has 0 fully saturated rings. The Morgan fingerprint density at radius 2 is 1.25 bits per heavy atom. The van der Waals surface area contributed by atoms with Gasteiger partial charge in [0.2, 0.25) is 5.91 Å². The topological polar surface area (TPSA) is 116 Å². The lowest BCUT2D eigenvalue weighted by Crippen LogP contribution is -2.55. The Hall–Kier alpha value is -3.19. The number of hydrogen-bond acceptors (Lipinski definition) is 4. The number of amides is 1. The Labute approximate surface area is 163 Å². The smallest absolute Gasteiger partial charge is 0.325 e. The molecule has 0 bridgehead atoms. The number of carboxylic acid groups (broad SMARTS) is 2. The first-order chi connectivity index (χ1) is 13.4. The number of aliphatic carboxylic acids is 2. The van der Waals surface area contributed by atoms with E-state index in [1.165, 1.54) is 6.92 Å². The zero-order chi connectivity index (χ0) is 20.5. The molecule has 2 aromatic carbocycles. The van der Waals surface area contributed by atoms with Crippen molar-refractivity contribution in [1.29, 1.82) is 0 Å². The summed E-state index contributed by atoms with van der Waals surface area (Å²) < 4.78 is 0. The van der Waals surface area contributed by atoms with Crippen molar-refractivity contribution in [2.75, 3.05) is 0 Å². The molecule has 148 valence electrons. The van der Waals surface area contributed by atoms with Crippen molar-refractivity contribution in [3.05, 3.63) is 71.8 Å². The molecule has 0 radical (unpaired) electrons. The average Bonchev–Trinajstić information content (AvgIpc) is 2.68. The van der Waals surface area contributed by atoms with Gasteiger partial charge in [0, 0.05) is 0 Å². The molecular weight excluding hydrogens is 360 g/mol. The largest absolute Gasteiger partial charge is 0.480 e. The minimum Gasteiger partial charge on any atom is -0.480 e. The predicted molar refractivity (Wildman–Crippen MR) is 104 cm³/mol. The van der Waals surface area contributed by atoms with Crippen LogP contribution in [0.25, 0.3) is 0 Å². The summed E-state index contributed by atoms with van der Waals surface area (Å²) in [4.78, 5) is 35.5. The van der Waals surface area contributed by atoms with E-state index in [4.69, 9.17) is 5.11 Å². The summed E-state index contributed by atoms with van der Waals surface area (Å²) in [6.07, 6.45) is 0.431.